The number of aromatic nitrogens is 3. The topological polar surface area (TPSA) is 38.7 Å². The molecule has 3 aromatic heterocycles. The second-order valence-electron chi connectivity index (χ2n) is 12.8. The van der Waals surface area contributed by atoms with Gasteiger partial charge in [-0.2, -0.15) is 0 Å². The molecule has 0 saturated heterocycles. The van der Waals surface area contributed by atoms with E-state index in [1.54, 1.807) is 0 Å². The Morgan fingerprint density at radius 3 is 1.58 bits per heavy atom. The zero-order valence-corrected chi connectivity index (χ0v) is 27.1. The van der Waals surface area contributed by atoms with Gasteiger partial charge in [0, 0.05) is 38.2 Å². The average molecular weight is 636 g/mol. The number of fused-ring (bicyclic) bond motifs is 7. The molecule has 3 heteroatoms. The molecular formula is C47H29N3. The second-order valence-corrected chi connectivity index (χ2v) is 12.8. The molecule has 0 amide bonds. The molecule has 0 unspecified atom stereocenters. The van der Waals surface area contributed by atoms with Gasteiger partial charge in [-0.1, -0.05) is 158 Å². The molecule has 7 aromatic carbocycles. The molecule has 0 aliphatic carbocycles. The highest BCUT2D eigenvalue weighted by Gasteiger charge is 2.16. The molecule has 50 heavy (non-hydrogen) atoms. The standard InChI is InChI=1S/C47H29N3/c1-2-11-32(12-3-1)41-28-26-34-24-25-35-27-29-42(49-46(35)45(34)48-41)33-22-20-31(21-23-33)37-17-9-19-43-44(37)38-15-6-7-16-40(38)47(50-43)39-18-8-13-30-10-4-5-14-36(30)39/h1-29H. The number of nitrogens with zero attached hydrogens (tertiary/aromatic N) is 3. The molecule has 0 bridgehead atoms. The van der Waals surface area contributed by atoms with Crippen LogP contribution in [0, 0.1) is 0 Å². The van der Waals surface area contributed by atoms with E-state index in [-0.39, 0.29) is 0 Å². The number of hydrogen-bond acceptors (Lipinski definition) is 3. The molecule has 0 fully saturated rings. The predicted molar refractivity (Wildman–Crippen MR) is 209 cm³/mol. The van der Waals surface area contributed by atoms with E-state index in [9.17, 15) is 0 Å². The Labute approximate surface area is 289 Å². The summed E-state index contributed by atoms with van der Waals surface area (Å²) < 4.78 is 0. The summed E-state index contributed by atoms with van der Waals surface area (Å²) in [6.45, 7) is 0. The van der Waals surface area contributed by atoms with Crippen molar-refractivity contribution in [2.75, 3.05) is 0 Å². The highest BCUT2D eigenvalue weighted by Crippen LogP contribution is 2.40. The maximum atomic E-state index is 5.34. The molecule has 0 radical (unpaired) electrons. The molecule has 0 aliphatic rings. The summed E-state index contributed by atoms with van der Waals surface area (Å²) in [6, 6.07) is 62.0. The van der Waals surface area contributed by atoms with Gasteiger partial charge in [0.2, 0.25) is 0 Å². The summed E-state index contributed by atoms with van der Waals surface area (Å²) in [5, 5.41) is 8.10. The van der Waals surface area contributed by atoms with E-state index >= 15 is 0 Å². The van der Waals surface area contributed by atoms with Crippen molar-refractivity contribution in [3.05, 3.63) is 176 Å². The van der Waals surface area contributed by atoms with Crippen molar-refractivity contribution in [1.82, 2.24) is 15.0 Å². The van der Waals surface area contributed by atoms with E-state index in [0.29, 0.717) is 0 Å². The Hall–Kier alpha value is -6.71. The van der Waals surface area contributed by atoms with Crippen LogP contribution < -0.4 is 0 Å². The monoisotopic (exact) mass is 635 g/mol. The van der Waals surface area contributed by atoms with Gasteiger partial charge < -0.3 is 0 Å². The Bertz CT molecular complexity index is 2910. The van der Waals surface area contributed by atoms with Crippen LogP contribution in [0.25, 0.3) is 99.2 Å². The van der Waals surface area contributed by atoms with E-state index in [1.165, 1.54) is 16.2 Å². The lowest BCUT2D eigenvalue weighted by molar-refractivity contribution is 1.36. The summed E-state index contributed by atoms with van der Waals surface area (Å²) in [5.74, 6) is 0. The van der Waals surface area contributed by atoms with Crippen molar-refractivity contribution in [2.24, 2.45) is 0 Å². The first-order chi connectivity index (χ1) is 24.8. The van der Waals surface area contributed by atoms with Crippen molar-refractivity contribution >= 4 is 54.3 Å². The third-order valence-corrected chi connectivity index (χ3v) is 9.85. The van der Waals surface area contributed by atoms with Crippen LogP contribution in [0.4, 0.5) is 0 Å². The van der Waals surface area contributed by atoms with Crippen LogP contribution in [0.1, 0.15) is 0 Å². The highest BCUT2D eigenvalue weighted by molar-refractivity contribution is 6.17. The Morgan fingerprint density at radius 2 is 0.840 bits per heavy atom. The Balaban J connectivity index is 1.08. The van der Waals surface area contributed by atoms with Crippen LogP contribution in [-0.2, 0) is 0 Å². The minimum Gasteiger partial charge on any atom is -0.247 e. The van der Waals surface area contributed by atoms with Crippen molar-refractivity contribution < 1.29 is 0 Å². The lowest BCUT2D eigenvalue weighted by Gasteiger charge is -2.15. The molecule has 0 aliphatic heterocycles. The van der Waals surface area contributed by atoms with Crippen molar-refractivity contribution in [3.63, 3.8) is 0 Å². The SMILES string of the molecule is c1ccc(-c2ccc3ccc4ccc(-c5ccc(-c6cccc7nc(-c8cccc9ccccc89)c8ccccc8c67)cc5)nc4c3n2)cc1. The summed E-state index contributed by atoms with van der Waals surface area (Å²) in [5.41, 5.74) is 11.3. The minimum absolute atomic E-state index is 0.912. The molecular weight excluding hydrogens is 607 g/mol. The molecule has 0 N–H and O–H groups in total. The van der Waals surface area contributed by atoms with Crippen LogP contribution in [0.15, 0.2) is 176 Å². The zero-order valence-electron chi connectivity index (χ0n) is 27.1. The van der Waals surface area contributed by atoms with Crippen LogP contribution in [0.3, 0.4) is 0 Å². The van der Waals surface area contributed by atoms with E-state index < -0.39 is 0 Å². The van der Waals surface area contributed by atoms with Gasteiger partial charge in [0.25, 0.3) is 0 Å². The fourth-order valence-corrected chi connectivity index (χ4v) is 7.40. The van der Waals surface area contributed by atoms with Crippen molar-refractivity contribution in [2.45, 2.75) is 0 Å². The summed E-state index contributed by atoms with van der Waals surface area (Å²) >= 11 is 0. The normalized spacial score (nSPS) is 11.6. The van der Waals surface area contributed by atoms with Gasteiger partial charge in [-0.15, -0.1) is 0 Å². The largest absolute Gasteiger partial charge is 0.247 e. The van der Waals surface area contributed by atoms with Crippen molar-refractivity contribution in [1.29, 1.82) is 0 Å². The van der Waals surface area contributed by atoms with Gasteiger partial charge in [-0.25, -0.2) is 15.0 Å². The lowest BCUT2D eigenvalue weighted by atomic mass is 9.92. The summed E-state index contributed by atoms with van der Waals surface area (Å²) in [6.07, 6.45) is 0. The third-order valence-electron chi connectivity index (χ3n) is 9.85. The number of benzene rings is 7. The number of hydrogen-bond donors (Lipinski definition) is 0. The van der Waals surface area contributed by atoms with Gasteiger partial charge in [0.05, 0.1) is 33.6 Å². The zero-order chi connectivity index (χ0) is 33.0. The Kier molecular flexibility index (Phi) is 6.49. The van der Waals surface area contributed by atoms with E-state index in [4.69, 9.17) is 15.0 Å². The fourth-order valence-electron chi connectivity index (χ4n) is 7.40. The van der Waals surface area contributed by atoms with Crippen LogP contribution >= 0.6 is 0 Å². The lowest BCUT2D eigenvalue weighted by Crippen LogP contribution is -1.93. The maximum Gasteiger partial charge on any atom is 0.0972 e. The molecule has 10 rings (SSSR count). The molecule has 0 spiro atoms. The van der Waals surface area contributed by atoms with Gasteiger partial charge in [-0.05, 0) is 45.5 Å². The van der Waals surface area contributed by atoms with Gasteiger partial charge in [0.1, 0.15) is 0 Å². The van der Waals surface area contributed by atoms with Gasteiger partial charge in [0.15, 0.2) is 0 Å². The number of rotatable bonds is 4. The second kappa shape index (κ2) is 11.5. The van der Waals surface area contributed by atoms with Crippen LogP contribution in [0.5, 0.6) is 0 Å². The molecule has 10 aromatic rings. The molecule has 232 valence electrons. The molecule has 3 heterocycles. The first-order valence-corrected chi connectivity index (χ1v) is 16.9. The van der Waals surface area contributed by atoms with Crippen LogP contribution in [0.2, 0.25) is 0 Å². The first-order valence-electron chi connectivity index (χ1n) is 16.9. The van der Waals surface area contributed by atoms with Gasteiger partial charge >= 0.3 is 0 Å². The third kappa shape index (κ3) is 4.63. The first kappa shape index (κ1) is 28.3. The number of pyridine rings is 3. The van der Waals surface area contributed by atoms with E-state index in [2.05, 4.69) is 158 Å². The fraction of sp³-hybridized carbons (Fsp3) is 0. The summed E-state index contributed by atoms with van der Waals surface area (Å²) in [4.78, 5) is 15.6. The van der Waals surface area contributed by atoms with Crippen LogP contribution in [-0.4, -0.2) is 15.0 Å². The van der Waals surface area contributed by atoms with E-state index in [1.807, 2.05) is 18.2 Å². The minimum atomic E-state index is 0.912. The smallest absolute Gasteiger partial charge is 0.0972 e. The average Bonchev–Trinajstić information content (AvgIpc) is 3.20. The molecule has 3 nitrogen and oxygen atoms in total. The Morgan fingerprint density at radius 1 is 0.300 bits per heavy atom. The maximum absolute atomic E-state index is 5.34. The molecule has 0 saturated carbocycles. The highest BCUT2D eigenvalue weighted by atomic mass is 14.8. The van der Waals surface area contributed by atoms with Crippen molar-refractivity contribution in [3.8, 4) is 44.9 Å². The quantitative estimate of drug-likeness (QED) is 0.181. The van der Waals surface area contributed by atoms with E-state index in [0.717, 1.165) is 83.0 Å². The van der Waals surface area contributed by atoms with Gasteiger partial charge in [-0.3, -0.25) is 0 Å². The molecule has 0 atom stereocenters. The predicted octanol–water partition coefficient (Wildman–Crippen LogP) is 12.3. The summed E-state index contributed by atoms with van der Waals surface area (Å²) in [7, 11) is 0.